The molecule has 0 unspecified atom stereocenters. The fourth-order valence-electron chi connectivity index (χ4n) is 8.97. The molecule has 2 heteroatoms. The summed E-state index contributed by atoms with van der Waals surface area (Å²) in [5.41, 5.74) is 23.5. The Hall–Kier alpha value is -4.76. The van der Waals surface area contributed by atoms with Crippen LogP contribution >= 0.6 is 0 Å². The van der Waals surface area contributed by atoms with Gasteiger partial charge in [-0.05, 0) is 160 Å². The fraction of sp³-hybridized carbons (Fsp3) is 0.438. The first kappa shape index (κ1) is 59.3. The smallest absolute Gasteiger partial charge is 0.00104 e. The molecule has 6 aromatic carbocycles. The molecule has 2 nitrogen and oxygen atoms in total. The summed E-state index contributed by atoms with van der Waals surface area (Å²) >= 11 is 0. The van der Waals surface area contributed by atoms with E-state index in [0.29, 0.717) is 0 Å². The van der Waals surface area contributed by atoms with Crippen LogP contribution in [0.3, 0.4) is 0 Å². The van der Waals surface area contributed by atoms with Crippen molar-refractivity contribution in [2.45, 2.75) is 150 Å². The number of hydrogen-bond acceptors (Lipinski definition) is 2. The van der Waals surface area contributed by atoms with Gasteiger partial charge in [-0.3, -0.25) is 0 Å². The average Bonchev–Trinajstić information content (AvgIpc) is 4.18. The molecule has 0 spiro atoms. The van der Waals surface area contributed by atoms with Crippen molar-refractivity contribution in [3.63, 3.8) is 0 Å². The Morgan fingerprint density at radius 3 is 0.758 bits per heavy atom. The molecule has 66 heavy (non-hydrogen) atoms. The van der Waals surface area contributed by atoms with E-state index in [0.717, 1.165) is 25.7 Å². The highest BCUT2D eigenvalue weighted by atomic mass is 15.1. The summed E-state index contributed by atoms with van der Waals surface area (Å²) in [7, 11) is 0. The largest absolute Gasteiger partial charge is 0.304 e. The molecule has 0 heterocycles. The monoisotopic (exact) mass is 891 g/mol. The maximum absolute atomic E-state index is 2.44. The third-order valence-corrected chi connectivity index (χ3v) is 12.2. The van der Waals surface area contributed by atoms with E-state index >= 15 is 0 Å². The van der Waals surface area contributed by atoms with E-state index in [4.69, 9.17) is 0 Å². The molecule has 0 amide bonds. The number of rotatable bonds is 6. The predicted molar refractivity (Wildman–Crippen MR) is 301 cm³/mol. The van der Waals surface area contributed by atoms with Crippen LogP contribution in [-0.4, -0.2) is 49.1 Å². The molecule has 4 aliphatic carbocycles. The normalized spacial score (nSPS) is 11.0. The summed E-state index contributed by atoms with van der Waals surface area (Å²) in [6.45, 7) is 44.2. The van der Waals surface area contributed by atoms with Gasteiger partial charge in [-0.15, -0.1) is 0 Å². The molecular weight excluding hydrogens is 797 g/mol. The highest BCUT2D eigenvalue weighted by Gasteiger charge is 2.27. The van der Waals surface area contributed by atoms with Crippen molar-refractivity contribution in [2.24, 2.45) is 0 Å². The van der Waals surface area contributed by atoms with Gasteiger partial charge < -0.3 is 9.80 Å². The number of fused-ring (bicyclic) bond motifs is 13. The zero-order valence-electron chi connectivity index (χ0n) is 45.5. The van der Waals surface area contributed by atoms with Crippen molar-refractivity contribution < 1.29 is 0 Å². The van der Waals surface area contributed by atoms with Crippen molar-refractivity contribution in [1.29, 1.82) is 0 Å². The number of benzene rings is 6. The Bertz CT molecular complexity index is 2050. The molecule has 0 atom stereocenters. The highest BCUT2D eigenvalue weighted by Crippen LogP contribution is 2.47. The van der Waals surface area contributed by atoms with Gasteiger partial charge in [-0.2, -0.15) is 0 Å². The zero-order chi connectivity index (χ0) is 49.6. The van der Waals surface area contributed by atoms with Crippen molar-refractivity contribution in [3.05, 3.63) is 166 Å². The molecule has 0 N–H and O–H groups in total. The molecule has 0 fully saturated rings. The minimum absolute atomic E-state index is 1.09. The first-order valence-corrected chi connectivity index (χ1v) is 26.6. The summed E-state index contributed by atoms with van der Waals surface area (Å²) in [4.78, 5) is 4.75. The van der Waals surface area contributed by atoms with Gasteiger partial charge in [0, 0.05) is 0 Å². The maximum Gasteiger partial charge on any atom is -0.00104 e. The van der Waals surface area contributed by atoms with Crippen LogP contribution in [0.25, 0.3) is 44.5 Å². The lowest BCUT2D eigenvalue weighted by atomic mass is 9.96. The standard InChI is InChI=1S/2C20H14.2C6H15N.6C2H6/c1-3-7-17-13(5-1)9-15-11-16-10-14-6-2-4-8-18(14)20(16)12-19(15)17;1-3-7-15-13(5-1)11-19-17(15)9-10-18-16-8-4-2-6-14(16)12-20(18)19;2*1-4-7(5-2)6-3;6*1-2/h1-8,11-12H,9-10H2;1-10H,11-12H2;2*4-6H2,1-3H3;6*1-2H3. The molecule has 0 radical (unpaired) electrons. The molecule has 0 aromatic heterocycles. The Morgan fingerprint density at radius 2 is 0.500 bits per heavy atom. The van der Waals surface area contributed by atoms with Crippen LogP contribution in [0.1, 0.15) is 169 Å². The molecule has 10 rings (SSSR count). The molecule has 360 valence electrons. The van der Waals surface area contributed by atoms with Gasteiger partial charge in [0.2, 0.25) is 0 Å². The minimum Gasteiger partial charge on any atom is -0.304 e. The lowest BCUT2D eigenvalue weighted by Crippen LogP contribution is -2.21. The van der Waals surface area contributed by atoms with Crippen LogP contribution in [0, 0.1) is 0 Å². The Labute approximate surface area is 407 Å². The van der Waals surface area contributed by atoms with Crippen LogP contribution in [0.2, 0.25) is 0 Å². The van der Waals surface area contributed by atoms with Gasteiger partial charge in [0.1, 0.15) is 0 Å². The predicted octanol–water partition coefficient (Wildman–Crippen LogP) is 18.5. The molecule has 4 aliphatic rings. The molecule has 0 aliphatic heterocycles. The van der Waals surface area contributed by atoms with Crippen LogP contribution in [0.15, 0.2) is 121 Å². The summed E-state index contributed by atoms with van der Waals surface area (Å²) in [6, 6.07) is 44.8. The highest BCUT2D eigenvalue weighted by molar-refractivity contribution is 5.87. The second-order valence-corrected chi connectivity index (χ2v) is 14.9. The van der Waals surface area contributed by atoms with E-state index in [1.54, 1.807) is 11.1 Å². The van der Waals surface area contributed by atoms with Crippen molar-refractivity contribution in [3.8, 4) is 44.5 Å². The summed E-state index contributed by atoms with van der Waals surface area (Å²) in [5, 5.41) is 0. The SMILES string of the molecule is CC.CC.CC.CC.CC.CC.CCN(CC)CC.CCN(CC)CC.c1ccc2c(c1)Cc1c-2ccc2c1Cc1ccccc1-2.c1ccc2c(c1)Cc1cc3c(cc1-2)-c1ccccc1C3. The molecule has 0 saturated carbocycles. The number of nitrogens with zero attached hydrogens (tertiary/aromatic N) is 2. The third kappa shape index (κ3) is 14.9. The Morgan fingerprint density at radius 1 is 0.258 bits per heavy atom. The summed E-state index contributed by atoms with van der Waals surface area (Å²) < 4.78 is 0. The number of hydrogen-bond donors (Lipinski definition) is 0. The quantitative estimate of drug-likeness (QED) is 0.164. The van der Waals surface area contributed by atoms with Gasteiger partial charge in [-0.1, -0.05) is 240 Å². The van der Waals surface area contributed by atoms with E-state index in [1.807, 2.05) is 83.1 Å². The van der Waals surface area contributed by atoms with Crippen molar-refractivity contribution in [1.82, 2.24) is 9.80 Å². The molecular formula is C64H94N2. The van der Waals surface area contributed by atoms with Gasteiger partial charge in [0.25, 0.3) is 0 Å². The van der Waals surface area contributed by atoms with Crippen LogP contribution < -0.4 is 0 Å². The van der Waals surface area contributed by atoms with Crippen molar-refractivity contribution in [2.75, 3.05) is 39.3 Å². The second-order valence-electron chi connectivity index (χ2n) is 14.9. The topological polar surface area (TPSA) is 6.48 Å². The lowest BCUT2D eigenvalue weighted by Gasteiger charge is -2.13. The second kappa shape index (κ2) is 33.7. The van der Waals surface area contributed by atoms with E-state index in [9.17, 15) is 0 Å². The lowest BCUT2D eigenvalue weighted by molar-refractivity contribution is 0.321. The van der Waals surface area contributed by atoms with Crippen LogP contribution in [0.5, 0.6) is 0 Å². The van der Waals surface area contributed by atoms with E-state index < -0.39 is 0 Å². The molecule has 0 saturated heterocycles. The van der Waals surface area contributed by atoms with Gasteiger partial charge in [-0.25, -0.2) is 0 Å². The van der Waals surface area contributed by atoms with Gasteiger partial charge in [0.05, 0.1) is 0 Å². The first-order chi connectivity index (χ1) is 32.5. The zero-order valence-corrected chi connectivity index (χ0v) is 45.5. The fourth-order valence-corrected chi connectivity index (χ4v) is 8.97. The van der Waals surface area contributed by atoms with Gasteiger partial charge >= 0.3 is 0 Å². The first-order valence-electron chi connectivity index (χ1n) is 26.6. The molecule has 0 bridgehead atoms. The van der Waals surface area contributed by atoms with Gasteiger partial charge in [0.15, 0.2) is 0 Å². The Kier molecular flexibility index (Phi) is 30.2. The minimum atomic E-state index is 1.09. The maximum atomic E-state index is 2.44. The summed E-state index contributed by atoms with van der Waals surface area (Å²) in [6.07, 6.45) is 4.38. The van der Waals surface area contributed by atoms with Crippen LogP contribution in [0.4, 0.5) is 0 Å². The Balaban J connectivity index is 0.000000442. The third-order valence-electron chi connectivity index (χ3n) is 12.2. The molecule has 6 aromatic rings. The van der Waals surface area contributed by atoms with E-state index in [1.165, 1.54) is 117 Å². The van der Waals surface area contributed by atoms with Crippen LogP contribution in [-0.2, 0) is 25.7 Å². The average molecular weight is 891 g/mol. The van der Waals surface area contributed by atoms with E-state index in [-0.39, 0.29) is 0 Å². The summed E-state index contributed by atoms with van der Waals surface area (Å²) in [5.74, 6) is 0. The van der Waals surface area contributed by atoms with E-state index in [2.05, 4.69) is 173 Å². The van der Waals surface area contributed by atoms with Crippen molar-refractivity contribution >= 4 is 0 Å².